The van der Waals surface area contributed by atoms with Crippen LogP contribution < -0.4 is 10.8 Å². The largest absolute Gasteiger partial charge is 0.340 e. The van der Waals surface area contributed by atoms with Gasteiger partial charge in [-0.25, -0.2) is 15.0 Å². The minimum Gasteiger partial charge on any atom is -0.340 e. The lowest BCUT2D eigenvalue weighted by Crippen LogP contribution is -2.42. The van der Waals surface area contributed by atoms with Gasteiger partial charge in [-0.2, -0.15) is 4.39 Å². The molecule has 0 spiro atoms. The predicted molar refractivity (Wildman–Crippen MR) is 45.0 cm³/mol. The standard InChI is InChI=1S/C7H8FN5/c1-9-6-4-5(11-3-10-4)12-7(8)13(6)2/h3,7H,1H2,2H3,(H,10,11,12). The minimum atomic E-state index is -1.43. The first-order chi connectivity index (χ1) is 6.24. The number of nitrogens with zero attached hydrogens (tertiary/aromatic N) is 4. The fraction of sp³-hybridized carbons (Fsp3) is 0.286. The van der Waals surface area contributed by atoms with Crippen molar-refractivity contribution < 1.29 is 4.39 Å². The summed E-state index contributed by atoms with van der Waals surface area (Å²) in [6.45, 7) is 3.36. The van der Waals surface area contributed by atoms with Crippen molar-refractivity contribution in [2.45, 2.75) is 6.42 Å². The molecular weight excluding hydrogens is 173 g/mol. The number of fused-ring (bicyclic) bond motifs is 1. The molecular formula is C7H8FN5. The molecule has 1 N–H and O–H groups in total. The number of aromatic amines is 1. The summed E-state index contributed by atoms with van der Waals surface area (Å²) in [4.78, 5) is 15.4. The minimum absolute atomic E-state index is 0.341. The summed E-state index contributed by atoms with van der Waals surface area (Å²) in [6.07, 6.45) is 0.0156. The van der Waals surface area contributed by atoms with Gasteiger partial charge in [-0.1, -0.05) is 0 Å². The van der Waals surface area contributed by atoms with Gasteiger partial charge >= 0.3 is 0 Å². The molecule has 1 aromatic rings. The molecule has 1 aliphatic rings. The Kier molecular flexibility index (Phi) is 1.61. The monoisotopic (exact) mass is 181 g/mol. The number of H-pyrrole nitrogens is 1. The third-order valence-electron chi connectivity index (χ3n) is 1.88. The number of halogens is 1. The SMILES string of the molecule is C=NC1=c2[nH]cnc2=NC(F)N1C. The summed E-state index contributed by atoms with van der Waals surface area (Å²) in [5.74, 6) is 0.426. The Morgan fingerprint density at radius 1 is 1.77 bits per heavy atom. The van der Waals surface area contributed by atoms with E-state index in [2.05, 4.69) is 26.7 Å². The van der Waals surface area contributed by atoms with Gasteiger partial charge in [-0.15, -0.1) is 0 Å². The smallest absolute Gasteiger partial charge is 0.269 e. The Labute approximate surface area is 73.3 Å². The summed E-state index contributed by atoms with van der Waals surface area (Å²) in [7, 11) is 1.56. The van der Waals surface area contributed by atoms with Crippen molar-refractivity contribution in [3.63, 3.8) is 0 Å². The molecule has 1 atom stereocenters. The van der Waals surface area contributed by atoms with Crippen LogP contribution in [0.15, 0.2) is 16.3 Å². The number of alkyl halides is 1. The van der Waals surface area contributed by atoms with Crippen molar-refractivity contribution in [1.82, 2.24) is 14.9 Å². The normalized spacial score (nSPS) is 20.9. The van der Waals surface area contributed by atoms with Crippen LogP contribution in [0, 0.1) is 0 Å². The first-order valence-electron chi connectivity index (χ1n) is 3.69. The van der Waals surface area contributed by atoms with Gasteiger partial charge in [0, 0.05) is 7.05 Å². The average Bonchev–Trinajstić information content (AvgIpc) is 2.54. The summed E-state index contributed by atoms with van der Waals surface area (Å²) in [5, 5.41) is 0.603. The predicted octanol–water partition coefficient (Wildman–Crippen LogP) is -1.01. The molecule has 1 aromatic heterocycles. The summed E-state index contributed by atoms with van der Waals surface area (Å²) < 4.78 is 13.2. The summed E-state index contributed by atoms with van der Waals surface area (Å²) in [6, 6.07) is 0. The van der Waals surface area contributed by atoms with Gasteiger partial charge in [0.1, 0.15) is 5.35 Å². The molecule has 0 bridgehead atoms. The first kappa shape index (κ1) is 7.90. The zero-order valence-corrected chi connectivity index (χ0v) is 7.03. The molecule has 0 saturated heterocycles. The third-order valence-corrected chi connectivity index (χ3v) is 1.88. The second-order valence-electron chi connectivity index (χ2n) is 2.63. The molecule has 2 heterocycles. The summed E-state index contributed by atoms with van der Waals surface area (Å²) >= 11 is 0. The van der Waals surface area contributed by atoms with Gasteiger partial charge in [0.05, 0.1) is 6.33 Å². The molecule has 1 aliphatic heterocycles. The van der Waals surface area contributed by atoms with Crippen LogP contribution in [0.2, 0.25) is 0 Å². The topological polar surface area (TPSA) is 56.6 Å². The Bertz CT molecular complexity index is 448. The fourth-order valence-corrected chi connectivity index (χ4v) is 1.20. The van der Waals surface area contributed by atoms with Gasteiger partial charge in [0.25, 0.3) is 6.42 Å². The van der Waals surface area contributed by atoms with Crippen molar-refractivity contribution in [3.8, 4) is 0 Å². The number of hydrogen-bond donors (Lipinski definition) is 1. The molecule has 0 aliphatic carbocycles. The van der Waals surface area contributed by atoms with Crippen molar-refractivity contribution in [2.75, 3.05) is 7.05 Å². The third kappa shape index (κ3) is 1.02. The van der Waals surface area contributed by atoms with Gasteiger partial charge in [0.15, 0.2) is 11.3 Å². The van der Waals surface area contributed by atoms with Crippen LogP contribution in [-0.4, -0.2) is 35.1 Å². The molecule has 13 heavy (non-hydrogen) atoms. The van der Waals surface area contributed by atoms with Crippen LogP contribution >= 0.6 is 0 Å². The fourth-order valence-electron chi connectivity index (χ4n) is 1.20. The lowest BCUT2D eigenvalue weighted by atomic mass is 10.5. The second-order valence-corrected chi connectivity index (χ2v) is 2.63. The zero-order chi connectivity index (χ0) is 9.42. The summed E-state index contributed by atoms with van der Waals surface area (Å²) in [5.41, 5.74) is 0.341. The van der Waals surface area contributed by atoms with E-state index < -0.39 is 6.42 Å². The second kappa shape index (κ2) is 2.65. The molecule has 1 unspecified atom stereocenters. The van der Waals surface area contributed by atoms with E-state index in [9.17, 15) is 4.39 Å². The number of rotatable bonds is 1. The molecule has 0 fully saturated rings. The number of hydrogen-bond acceptors (Lipinski definition) is 4. The quantitative estimate of drug-likeness (QED) is 0.446. The lowest BCUT2D eigenvalue weighted by Gasteiger charge is -2.21. The highest BCUT2D eigenvalue weighted by molar-refractivity contribution is 5.48. The van der Waals surface area contributed by atoms with Crippen molar-refractivity contribution in [1.29, 1.82) is 0 Å². The van der Waals surface area contributed by atoms with Gasteiger partial charge in [0.2, 0.25) is 0 Å². The molecule has 5 nitrogen and oxygen atoms in total. The van der Waals surface area contributed by atoms with Gasteiger partial charge in [-0.3, -0.25) is 0 Å². The van der Waals surface area contributed by atoms with Crippen LogP contribution in [-0.2, 0) is 0 Å². The van der Waals surface area contributed by atoms with E-state index in [0.717, 1.165) is 0 Å². The first-order valence-corrected chi connectivity index (χ1v) is 3.69. The number of aliphatic imine (C=N–C) groups is 1. The highest BCUT2D eigenvalue weighted by Crippen LogP contribution is 2.10. The van der Waals surface area contributed by atoms with E-state index in [-0.39, 0.29) is 0 Å². The molecule has 0 radical (unpaired) electrons. The van der Waals surface area contributed by atoms with E-state index in [1.807, 2.05) is 0 Å². The number of nitrogens with one attached hydrogen (secondary N) is 1. The highest BCUT2D eigenvalue weighted by atomic mass is 19.1. The van der Waals surface area contributed by atoms with Gasteiger partial charge in [-0.05, 0) is 6.72 Å². The van der Waals surface area contributed by atoms with Crippen LogP contribution in [0.5, 0.6) is 0 Å². The van der Waals surface area contributed by atoms with E-state index in [4.69, 9.17) is 0 Å². The van der Waals surface area contributed by atoms with Crippen LogP contribution in [0.1, 0.15) is 0 Å². The van der Waals surface area contributed by atoms with Crippen LogP contribution in [0.3, 0.4) is 0 Å². The molecule has 6 heteroatoms. The molecule has 0 amide bonds. The van der Waals surface area contributed by atoms with Crippen molar-refractivity contribution in [3.05, 3.63) is 17.2 Å². The number of aromatic nitrogens is 2. The lowest BCUT2D eigenvalue weighted by molar-refractivity contribution is 0.166. The molecule has 2 rings (SSSR count). The maximum atomic E-state index is 13.2. The maximum Gasteiger partial charge on any atom is 0.269 e. The van der Waals surface area contributed by atoms with Crippen LogP contribution in [0.4, 0.5) is 4.39 Å². The van der Waals surface area contributed by atoms with Crippen molar-refractivity contribution >= 4 is 12.5 Å². The van der Waals surface area contributed by atoms with E-state index in [1.54, 1.807) is 7.05 Å². The Balaban J connectivity index is 2.81. The van der Waals surface area contributed by atoms with Crippen molar-refractivity contribution in [2.24, 2.45) is 9.98 Å². The molecule has 0 aromatic carbocycles. The average molecular weight is 181 g/mol. The maximum absolute atomic E-state index is 13.2. The van der Waals surface area contributed by atoms with E-state index >= 15 is 0 Å². The van der Waals surface area contributed by atoms with Crippen LogP contribution in [0.25, 0.3) is 5.82 Å². The van der Waals surface area contributed by atoms with E-state index in [0.29, 0.717) is 16.7 Å². The Morgan fingerprint density at radius 3 is 3.23 bits per heavy atom. The zero-order valence-electron chi connectivity index (χ0n) is 7.03. The Morgan fingerprint density at radius 2 is 2.54 bits per heavy atom. The number of imidazole rings is 1. The Hall–Kier alpha value is -1.72. The highest BCUT2D eigenvalue weighted by Gasteiger charge is 2.19. The van der Waals surface area contributed by atoms with E-state index in [1.165, 1.54) is 11.2 Å². The molecule has 0 saturated carbocycles. The molecule has 68 valence electrons. The van der Waals surface area contributed by atoms with Gasteiger partial charge < -0.3 is 9.88 Å².